The molecule has 0 aliphatic carbocycles. The standard InChI is InChI=1S/C14H21ClN2O2S/c1-2-5-16-11-12-3-4-13(10-14(12)15)17-6-8-20(18,19)9-7-17/h3-4,10,16H,2,5-9,11H2,1H3. The van der Waals surface area contributed by atoms with Crippen LogP contribution in [0.4, 0.5) is 5.69 Å². The van der Waals surface area contributed by atoms with Crippen molar-refractivity contribution in [2.45, 2.75) is 19.9 Å². The molecule has 0 unspecified atom stereocenters. The van der Waals surface area contributed by atoms with Gasteiger partial charge in [0.15, 0.2) is 9.84 Å². The van der Waals surface area contributed by atoms with Gasteiger partial charge >= 0.3 is 0 Å². The molecule has 112 valence electrons. The molecule has 1 saturated heterocycles. The number of rotatable bonds is 5. The zero-order valence-electron chi connectivity index (χ0n) is 11.7. The first-order chi connectivity index (χ1) is 9.52. The Bertz CT molecular complexity index is 546. The molecule has 1 aliphatic heterocycles. The van der Waals surface area contributed by atoms with Crippen molar-refractivity contribution in [1.29, 1.82) is 0 Å². The van der Waals surface area contributed by atoms with Crippen LogP contribution in [0.2, 0.25) is 5.02 Å². The predicted molar refractivity (Wildman–Crippen MR) is 84.3 cm³/mol. The smallest absolute Gasteiger partial charge is 0.153 e. The average molecular weight is 317 g/mol. The quantitative estimate of drug-likeness (QED) is 0.845. The van der Waals surface area contributed by atoms with E-state index in [9.17, 15) is 8.42 Å². The van der Waals surface area contributed by atoms with Gasteiger partial charge in [0, 0.05) is 30.3 Å². The average Bonchev–Trinajstić information content (AvgIpc) is 2.41. The number of halogens is 1. The predicted octanol–water partition coefficient (Wildman–Crippen LogP) is 2.07. The SMILES string of the molecule is CCCNCc1ccc(N2CCS(=O)(=O)CC2)cc1Cl. The second-order valence-corrected chi connectivity index (χ2v) is 7.80. The maximum Gasteiger partial charge on any atom is 0.153 e. The molecule has 0 bridgehead atoms. The highest BCUT2D eigenvalue weighted by molar-refractivity contribution is 7.91. The molecule has 0 atom stereocenters. The summed E-state index contributed by atoms with van der Waals surface area (Å²) < 4.78 is 22.9. The summed E-state index contributed by atoms with van der Waals surface area (Å²) in [7, 11) is -2.84. The first-order valence-corrected chi connectivity index (χ1v) is 9.16. The zero-order valence-corrected chi connectivity index (χ0v) is 13.3. The van der Waals surface area contributed by atoms with Crippen molar-refractivity contribution in [2.75, 3.05) is 36.0 Å². The van der Waals surface area contributed by atoms with Crippen LogP contribution >= 0.6 is 11.6 Å². The summed E-state index contributed by atoms with van der Waals surface area (Å²) in [6.45, 7) is 4.96. The van der Waals surface area contributed by atoms with Gasteiger partial charge in [0.05, 0.1) is 11.5 Å². The van der Waals surface area contributed by atoms with E-state index < -0.39 is 9.84 Å². The summed E-state index contributed by atoms with van der Waals surface area (Å²) in [6, 6.07) is 5.97. The van der Waals surface area contributed by atoms with Crippen molar-refractivity contribution in [1.82, 2.24) is 5.32 Å². The highest BCUT2D eigenvalue weighted by Gasteiger charge is 2.22. The summed E-state index contributed by atoms with van der Waals surface area (Å²) in [5, 5.41) is 4.06. The van der Waals surface area contributed by atoms with Crippen LogP contribution in [0.25, 0.3) is 0 Å². The van der Waals surface area contributed by atoms with Crippen LogP contribution in [-0.2, 0) is 16.4 Å². The van der Waals surface area contributed by atoms with Crippen molar-refractivity contribution >= 4 is 27.1 Å². The normalized spacial score (nSPS) is 18.2. The van der Waals surface area contributed by atoms with Crippen molar-refractivity contribution in [3.63, 3.8) is 0 Å². The largest absolute Gasteiger partial charge is 0.369 e. The van der Waals surface area contributed by atoms with Gasteiger partial charge in [-0.1, -0.05) is 24.6 Å². The van der Waals surface area contributed by atoms with Crippen LogP contribution in [0.1, 0.15) is 18.9 Å². The minimum absolute atomic E-state index is 0.227. The molecule has 1 heterocycles. The third-order valence-corrected chi connectivity index (χ3v) is 5.45. The van der Waals surface area contributed by atoms with Crippen LogP contribution < -0.4 is 10.2 Å². The van der Waals surface area contributed by atoms with E-state index in [0.29, 0.717) is 13.1 Å². The van der Waals surface area contributed by atoms with E-state index in [4.69, 9.17) is 11.6 Å². The van der Waals surface area contributed by atoms with Crippen molar-refractivity contribution in [3.05, 3.63) is 28.8 Å². The van der Waals surface area contributed by atoms with Crippen LogP contribution in [0.15, 0.2) is 18.2 Å². The number of sulfone groups is 1. The lowest BCUT2D eigenvalue weighted by Crippen LogP contribution is -2.40. The molecular weight excluding hydrogens is 296 g/mol. The summed E-state index contributed by atoms with van der Waals surface area (Å²) in [4.78, 5) is 2.08. The third kappa shape index (κ3) is 4.11. The molecule has 0 amide bonds. The molecule has 0 saturated carbocycles. The Morgan fingerprint density at radius 1 is 1.30 bits per heavy atom. The van der Waals surface area contributed by atoms with Crippen molar-refractivity contribution < 1.29 is 8.42 Å². The van der Waals surface area contributed by atoms with Gasteiger partial charge in [-0.3, -0.25) is 0 Å². The lowest BCUT2D eigenvalue weighted by Gasteiger charge is -2.29. The fourth-order valence-electron chi connectivity index (χ4n) is 2.25. The number of benzene rings is 1. The molecule has 1 fully saturated rings. The van der Waals surface area contributed by atoms with E-state index in [1.807, 2.05) is 18.2 Å². The number of nitrogens with zero attached hydrogens (tertiary/aromatic N) is 1. The first kappa shape index (κ1) is 15.6. The lowest BCUT2D eigenvalue weighted by atomic mass is 10.2. The van der Waals surface area contributed by atoms with Gasteiger partial charge in [0.25, 0.3) is 0 Å². The number of anilines is 1. The second-order valence-electron chi connectivity index (χ2n) is 5.09. The summed E-state index contributed by atoms with van der Waals surface area (Å²) in [5.41, 5.74) is 2.08. The van der Waals surface area contributed by atoms with E-state index >= 15 is 0 Å². The minimum Gasteiger partial charge on any atom is -0.369 e. The number of hydrogen-bond donors (Lipinski definition) is 1. The molecule has 2 rings (SSSR count). The minimum atomic E-state index is -2.84. The molecular formula is C14H21ClN2O2S. The van der Waals surface area contributed by atoms with Gasteiger partial charge < -0.3 is 10.2 Å². The Morgan fingerprint density at radius 2 is 2.00 bits per heavy atom. The Kier molecular flexibility index (Phi) is 5.29. The molecule has 0 spiro atoms. The van der Waals surface area contributed by atoms with E-state index in [-0.39, 0.29) is 11.5 Å². The van der Waals surface area contributed by atoms with Crippen LogP contribution in [0.3, 0.4) is 0 Å². The Morgan fingerprint density at radius 3 is 2.60 bits per heavy atom. The molecule has 1 aliphatic rings. The fourth-order valence-corrected chi connectivity index (χ4v) is 3.69. The summed E-state index contributed by atoms with van der Waals surface area (Å²) in [5.74, 6) is 0.453. The highest BCUT2D eigenvalue weighted by Crippen LogP contribution is 2.25. The molecule has 1 aromatic rings. The molecule has 0 aromatic heterocycles. The monoisotopic (exact) mass is 316 g/mol. The summed E-state index contributed by atoms with van der Waals surface area (Å²) in [6.07, 6.45) is 1.10. The lowest BCUT2D eigenvalue weighted by molar-refractivity contribution is 0.587. The third-order valence-electron chi connectivity index (χ3n) is 3.49. The van der Waals surface area contributed by atoms with Gasteiger partial charge in [-0.2, -0.15) is 0 Å². The van der Waals surface area contributed by atoms with Crippen molar-refractivity contribution in [3.8, 4) is 0 Å². The molecule has 0 radical (unpaired) electrons. The first-order valence-electron chi connectivity index (χ1n) is 6.96. The van der Waals surface area contributed by atoms with Gasteiger partial charge in [-0.25, -0.2) is 8.42 Å². The molecule has 1 aromatic carbocycles. The van der Waals surface area contributed by atoms with Gasteiger partial charge in [0.2, 0.25) is 0 Å². The second kappa shape index (κ2) is 6.78. The van der Waals surface area contributed by atoms with Crippen molar-refractivity contribution in [2.24, 2.45) is 0 Å². The fraction of sp³-hybridized carbons (Fsp3) is 0.571. The topological polar surface area (TPSA) is 49.4 Å². The molecule has 20 heavy (non-hydrogen) atoms. The zero-order chi connectivity index (χ0) is 14.6. The molecule has 1 N–H and O–H groups in total. The van der Waals surface area contributed by atoms with E-state index in [1.165, 1.54) is 0 Å². The van der Waals surface area contributed by atoms with Gasteiger partial charge in [-0.05, 0) is 30.7 Å². The van der Waals surface area contributed by atoms with E-state index in [0.717, 1.165) is 35.8 Å². The van der Waals surface area contributed by atoms with Crippen LogP contribution in [-0.4, -0.2) is 39.6 Å². The molecule has 4 nitrogen and oxygen atoms in total. The number of hydrogen-bond acceptors (Lipinski definition) is 4. The Balaban J connectivity index is 2.02. The maximum absolute atomic E-state index is 11.4. The Labute approximate surface area is 126 Å². The van der Waals surface area contributed by atoms with E-state index in [2.05, 4.69) is 17.1 Å². The Hall–Kier alpha value is -0.780. The van der Waals surface area contributed by atoms with Crippen LogP contribution in [0, 0.1) is 0 Å². The summed E-state index contributed by atoms with van der Waals surface area (Å²) >= 11 is 6.30. The van der Waals surface area contributed by atoms with E-state index in [1.54, 1.807) is 0 Å². The molecule has 6 heteroatoms. The highest BCUT2D eigenvalue weighted by atomic mass is 35.5. The maximum atomic E-state index is 11.4. The van der Waals surface area contributed by atoms with Gasteiger partial charge in [-0.15, -0.1) is 0 Å². The number of nitrogens with one attached hydrogen (secondary N) is 1. The van der Waals surface area contributed by atoms with Crippen LogP contribution in [0.5, 0.6) is 0 Å². The van der Waals surface area contributed by atoms with Gasteiger partial charge in [0.1, 0.15) is 0 Å².